The minimum atomic E-state index is -0.314. The Morgan fingerprint density at radius 1 is 1.00 bits per heavy atom. The zero-order valence-corrected chi connectivity index (χ0v) is 20.7. The molecule has 34 heavy (non-hydrogen) atoms. The topological polar surface area (TPSA) is 75.7 Å². The second kappa shape index (κ2) is 10.7. The number of hydrogen-bond acceptors (Lipinski definition) is 5. The number of hydrogen-bond donors (Lipinski definition) is 1. The van der Waals surface area contributed by atoms with Crippen molar-refractivity contribution in [3.63, 3.8) is 0 Å². The van der Waals surface area contributed by atoms with Crippen molar-refractivity contribution in [3.05, 3.63) is 98.9 Å². The minimum Gasteiger partial charge on any atom is -0.484 e. The molecule has 4 rings (SSSR count). The van der Waals surface area contributed by atoms with Gasteiger partial charge in [-0.25, -0.2) is 0 Å². The van der Waals surface area contributed by atoms with Crippen LogP contribution >= 0.6 is 27.7 Å². The summed E-state index contributed by atoms with van der Waals surface area (Å²) in [5.74, 6) is -0.0436. The molecular formula is C26H21BrN2O4S. The lowest BCUT2D eigenvalue weighted by atomic mass is 10.2. The van der Waals surface area contributed by atoms with Gasteiger partial charge in [0.2, 0.25) is 0 Å². The second-order valence-corrected chi connectivity index (χ2v) is 9.58. The number of anilines is 1. The molecule has 172 valence electrons. The summed E-state index contributed by atoms with van der Waals surface area (Å²) in [5.41, 5.74) is 3.46. The molecule has 1 fully saturated rings. The third-order valence-electron chi connectivity index (χ3n) is 5.01. The van der Waals surface area contributed by atoms with Gasteiger partial charge < -0.3 is 10.1 Å². The number of rotatable bonds is 7. The van der Waals surface area contributed by atoms with Crippen LogP contribution in [0.4, 0.5) is 10.5 Å². The number of thioether (sulfide) groups is 1. The molecule has 0 aliphatic carbocycles. The maximum atomic E-state index is 12.7. The first-order valence-corrected chi connectivity index (χ1v) is 12.1. The molecule has 0 aromatic heterocycles. The fourth-order valence-electron chi connectivity index (χ4n) is 3.20. The van der Waals surface area contributed by atoms with Crippen molar-refractivity contribution in [2.75, 3.05) is 11.9 Å². The Labute approximate surface area is 210 Å². The number of halogens is 1. The van der Waals surface area contributed by atoms with Gasteiger partial charge in [0.1, 0.15) is 5.75 Å². The Hall–Kier alpha value is -3.36. The number of imide groups is 1. The molecule has 1 N–H and O–H groups in total. The lowest BCUT2D eigenvalue weighted by Crippen LogP contribution is -2.27. The molecule has 0 atom stereocenters. The van der Waals surface area contributed by atoms with E-state index in [2.05, 4.69) is 21.2 Å². The van der Waals surface area contributed by atoms with Crippen LogP contribution in [0.15, 0.2) is 82.2 Å². The highest BCUT2D eigenvalue weighted by Crippen LogP contribution is 2.33. The zero-order valence-electron chi connectivity index (χ0n) is 18.3. The van der Waals surface area contributed by atoms with Crippen molar-refractivity contribution in [1.82, 2.24) is 4.90 Å². The highest BCUT2D eigenvalue weighted by atomic mass is 79.9. The maximum Gasteiger partial charge on any atom is 0.293 e. The largest absolute Gasteiger partial charge is 0.484 e. The predicted octanol–water partition coefficient (Wildman–Crippen LogP) is 6.01. The fraction of sp³-hybridized carbons (Fsp3) is 0.115. The third kappa shape index (κ3) is 6.15. The van der Waals surface area contributed by atoms with Gasteiger partial charge >= 0.3 is 0 Å². The van der Waals surface area contributed by atoms with Crippen molar-refractivity contribution in [3.8, 4) is 5.75 Å². The molecule has 3 amide bonds. The average Bonchev–Trinajstić information content (AvgIpc) is 3.09. The molecule has 1 heterocycles. The van der Waals surface area contributed by atoms with E-state index in [1.165, 1.54) is 4.90 Å². The van der Waals surface area contributed by atoms with Gasteiger partial charge in [-0.05, 0) is 72.3 Å². The predicted molar refractivity (Wildman–Crippen MR) is 137 cm³/mol. The van der Waals surface area contributed by atoms with Crippen molar-refractivity contribution in [2.24, 2.45) is 0 Å². The summed E-state index contributed by atoms with van der Waals surface area (Å²) in [6, 6.07) is 22.0. The number of nitrogens with one attached hydrogen (secondary N) is 1. The Kier molecular flexibility index (Phi) is 7.49. The van der Waals surface area contributed by atoms with Crippen molar-refractivity contribution in [2.45, 2.75) is 13.5 Å². The highest BCUT2D eigenvalue weighted by Gasteiger charge is 2.34. The van der Waals surface area contributed by atoms with Crippen LogP contribution in [0.5, 0.6) is 5.75 Å². The Bertz CT molecular complexity index is 1240. The van der Waals surface area contributed by atoms with Gasteiger partial charge in [0, 0.05) is 10.2 Å². The van der Waals surface area contributed by atoms with Crippen molar-refractivity contribution >= 4 is 56.5 Å². The third-order valence-corrected chi connectivity index (χ3v) is 6.45. The van der Waals surface area contributed by atoms with Gasteiger partial charge in [-0.3, -0.25) is 19.3 Å². The molecule has 0 saturated carbocycles. The van der Waals surface area contributed by atoms with Gasteiger partial charge in [-0.15, -0.1) is 0 Å². The second-order valence-electron chi connectivity index (χ2n) is 7.67. The molecule has 1 saturated heterocycles. The lowest BCUT2D eigenvalue weighted by molar-refractivity contribution is -0.123. The SMILES string of the molecule is Cc1ccc(NC(=O)COc2ccc(/C=C3/SC(=O)N(Cc4ccc(Br)cc4)C3=O)cc2)cc1. The maximum absolute atomic E-state index is 12.7. The van der Waals surface area contributed by atoms with Crippen LogP contribution in [-0.4, -0.2) is 28.6 Å². The number of carbonyl (C=O) groups is 3. The van der Waals surface area contributed by atoms with Gasteiger partial charge in [0.15, 0.2) is 6.61 Å². The van der Waals surface area contributed by atoms with E-state index in [4.69, 9.17) is 4.74 Å². The van der Waals surface area contributed by atoms with Gasteiger partial charge in [0.25, 0.3) is 17.1 Å². The Morgan fingerprint density at radius 2 is 1.68 bits per heavy atom. The van der Waals surface area contributed by atoms with Crippen LogP contribution in [0.25, 0.3) is 6.08 Å². The van der Waals surface area contributed by atoms with E-state index in [0.29, 0.717) is 16.3 Å². The molecule has 8 heteroatoms. The molecule has 0 bridgehead atoms. The number of ether oxygens (including phenoxy) is 1. The van der Waals surface area contributed by atoms with E-state index < -0.39 is 0 Å². The van der Waals surface area contributed by atoms with Gasteiger partial charge in [-0.2, -0.15) is 0 Å². The first kappa shape index (κ1) is 23.8. The zero-order chi connectivity index (χ0) is 24.1. The normalized spacial score (nSPS) is 14.5. The fourth-order valence-corrected chi connectivity index (χ4v) is 4.31. The molecule has 0 spiro atoms. The number of nitrogens with zero attached hydrogens (tertiary/aromatic N) is 1. The van der Waals surface area contributed by atoms with Crippen LogP contribution in [0.1, 0.15) is 16.7 Å². The van der Waals surface area contributed by atoms with E-state index in [9.17, 15) is 14.4 Å². The summed E-state index contributed by atoms with van der Waals surface area (Å²) >= 11 is 4.30. The lowest BCUT2D eigenvalue weighted by Gasteiger charge is -2.12. The van der Waals surface area contributed by atoms with Gasteiger partial charge in [0.05, 0.1) is 11.4 Å². The van der Waals surface area contributed by atoms with Crippen molar-refractivity contribution in [1.29, 1.82) is 0 Å². The number of aryl methyl sites for hydroxylation is 1. The van der Waals surface area contributed by atoms with Crippen LogP contribution in [-0.2, 0) is 16.1 Å². The quantitative estimate of drug-likeness (QED) is 0.374. The van der Waals surface area contributed by atoms with Crippen LogP contribution in [0, 0.1) is 6.92 Å². The summed E-state index contributed by atoms with van der Waals surface area (Å²) in [7, 11) is 0. The number of amides is 3. The first-order chi connectivity index (χ1) is 16.4. The first-order valence-electron chi connectivity index (χ1n) is 10.5. The molecule has 1 aliphatic rings. The molecule has 0 radical (unpaired) electrons. The van der Waals surface area contributed by atoms with Crippen molar-refractivity contribution < 1.29 is 19.1 Å². The van der Waals surface area contributed by atoms with E-state index in [1.54, 1.807) is 30.3 Å². The minimum absolute atomic E-state index is 0.123. The molecule has 6 nitrogen and oxygen atoms in total. The van der Waals surface area contributed by atoms with Crippen LogP contribution in [0.3, 0.4) is 0 Å². The summed E-state index contributed by atoms with van der Waals surface area (Å²) in [6.07, 6.45) is 1.68. The molecule has 3 aromatic rings. The van der Waals surface area contributed by atoms with Crippen LogP contribution in [0.2, 0.25) is 0 Å². The number of carbonyl (C=O) groups excluding carboxylic acids is 3. The van der Waals surface area contributed by atoms with E-state index in [1.807, 2.05) is 55.5 Å². The average molecular weight is 537 g/mol. The summed E-state index contributed by atoms with van der Waals surface area (Å²) in [4.78, 5) is 38.8. The summed E-state index contributed by atoms with van der Waals surface area (Å²) in [5, 5.41) is 2.49. The summed E-state index contributed by atoms with van der Waals surface area (Å²) < 4.78 is 6.48. The standard InChI is InChI=1S/C26H21BrN2O4S/c1-17-2-10-21(11-3-17)28-24(30)16-33-22-12-6-18(7-13-22)14-23-25(31)29(26(32)34-23)15-19-4-8-20(27)9-5-19/h2-14H,15-16H2,1H3,(H,28,30)/b23-14+. The Morgan fingerprint density at radius 3 is 2.35 bits per heavy atom. The molecule has 0 unspecified atom stereocenters. The monoisotopic (exact) mass is 536 g/mol. The van der Waals surface area contributed by atoms with E-state index in [-0.39, 0.29) is 30.2 Å². The summed E-state index contributed by atoms with van der Waals surface area (Å²) in [6.45, 7) is 2.09. The highest BCUT2D eigenvalue weighted by molar-refractivity contribution is 9.10. The van der Waals surface area contributed by atoms with E-state index >= 15 is 0 Å². The Balaban J connectivity index is 1.33. The van der Waals surface area contributed by atoms with Crippen LogP contribution < -0.4 is 10.1 Å². The molecule has 1 aliphatic heterocycles. The van der Waals surface area contributed by atoms with Gasteiger partial charge in [-0.1, -0.05) is 57.9 Å². The molecule has 3 aromatic carbocycles. The number of benzene rings is 3. The smallest absolute Gasteiger partial charge is 0.293 e. The molecular weight excluding hydrogens is 516 g/mol. The van der Waals surface area contributed by atoms with E-state index in [0.717, 1.165) is 32.9 Å².